The lowest BCUT2D eigenvalue weighted by Gasteiger charge is -2.15. The fourth-order valence-electron chi connectivity index (χ4n) is 3.19. The maximum atomic E-state index is 12.2. The molecular weight excluding hydrogens is 364 g/mol. The second-order valence-electron chi connectivity index (χ2n) is 6.60. The van der Waals surface area contributed by atoms with Crippen LogP contribution in [-0.4, -0.2) is 59.1 Å². The molecule has 148 valence electrons. The van der Waals surface area contributed by atoms with Crippen molar-refractivity contribution in [1.29, 1.82) is 0 Å². The number of nitrogens with one attached hydrogen (secondary N) is 1. The van der Waals surface area contributed by atoms with Gasteiger partial charge in [0.15, 0.2) is 6.61 Å². The number of carbonyl (C=O) groups is 3. The number of phenolic OH excluding ortho intramolecular Hbond substituents is 2. The maximum absolute atomic E-state index is 12.2. The van der Waals surface area contributed by atoms with E-state index in [9.17, 15) is 24.6 Å². The Morgan fingerprint density at radius 1 is 1.18 bits per heavy atom. The molecule has 0 saturated carbocycles. The second kappa shape index (κ2) is 8.60. The standard InChI is InChI=1S/C20H22N2O6/c23-16-11-15(19(26)14-6-2-1-5-13(14)16)20(27)28-12-17(24)21-8-4-10-22-9-3-7-18(22)25/h1-2,5-6,11,23,26H,3-4,7-10,12H2,(H,21,24). The van der Waals surface area contributed by atoms with Crippen LogP contribution in [0.15, 0.2) is 30.3 Å². The van der Waals surface area contributed by atoms with E-state index in [0.717, 1.165) is 19.0 Å². The van der Waals surface area contributed by atoms with Crippen molar-refractivity contribution in [3.8, 4) is 11.5 Å². The van der Waals surface area contributed by atoms with Crippen molar-refractivity contribution >= 4 is 28.6 Å². The van der Waals surface area contributed by atoms with Gasteiger partial charge in [-0.3, -0.25) is 9.59 Å². The molecule has 0 unspecified atom stereocenters. The molecule has 3 N–H and O–H groups in total. The van der Waals surface area contributed by atoms with E-state index in [1.165, 1.54) is 0 Å². The Hall–Kier alpha value is -3.29. The van der Waals surface area contributed by atoms with Crippen LogP contribution in [0, 0.1) is 0 Å². The van der Waals surface area contributed by atoms with Crippen molar-refractivity contribution in [1.82, 2.24) is 10.2 Å². The molecule has 8 heteroatoms. The van der Waals surface area contributed by atoms with Crippen molar-refractivity contribution < 1.29 is 29.3 Å². The molecule has 2 aromatic rings. The van der Waals surface area contributed by atoms with Gasteiger partial charge in [-0.2, -0.15) is 0 Å². The van der Waals surface area contributed by atoms with E-state index >= 15 is 0 Å². The molecule has 3 rings (SSSR count). The molecule has 0 aromatic heterocycles. The van der Waals surface area contributed by atoms with Gasteiger partial charge in [0.25, 0.3) is 5.91 Å². The van der Waals surface area contributed by atoms with Gasteiger partial charge in [0, 0.05) is 36.8 Å². The van der Waals surface area contributed by atoms with Gasteiger partial charge in [0.05, 0.1) is 0 Å². The number of carbonyl (C=O) groups excluding carboxylic acids is 3. The Morgan fingerprint density at radius 2 is 1.93 bits per heavy atom. The molecule has 0 spiro atoms. The Kier molecular flexibility index (Phi) is 5.98. The number of phenols is 2. The summed E-state index contributed by atoms with van der Waals surface area (Å²) in [6.45, 7) is 1.20. The molecule has 1 heterocycles. The highest BCUT2D eigenvalue weighted by atomic mass is 16.5. The van der Waals surface area contributed by atoms with Crippen molar-refractivity contribution in [3.63, 3.8) is 0 Å². The van der Waals surface area contributed by atoms with Crippen LogP contribution < -0.4 is 5.32 Å². The largest absolute Gasteiger partial charge is 0.507 e. The summed E-state index contributed by atoms with van der Waals surface area (Å²) >= 11 is 0. The number of aromatic hydroxyl groups is 2. The lowest BCUT2D eigenvalue weighted by molar-refractivity contribution is -0.127. The number of esters is 1. The van der Waals surface area contributed by atoms with E-state index in [2.05, 4.69) is 5.32 Å². The van der Waals surface area contributed by atoms with E-state index < -0.39 is 18.5 Å². The topological polar surface area (TPSA) is 116 Å². The number of fused-ring (bicyclic) bond motifs is 1. The van der Waals surface area contributed by atoms with Gasteiger partial charge in [-0.05, 0) is 18.9 Å². The summed E-state index contributed by atoms with van der Waals surface area (Å²) < 4.78 is 4.94. The third-order valence-corrected chi connectivity index (χ3v) is 4.65. The van der Waals surface area contributed by atoms with E-state index in [0.29, 0.717) is 36.7 Å². The van der Waals surface area contributed by atoms with Crippen LogP contribution in [-0.2, 0) is 14.3 Å². The first-order valence-electron chi connectivity index (χ1n) is 9.12. The maximum Gasteiger partial charge on any atom is 0.342 e. The van der Waals surface area contributed by atoms with E-state index in [1.807, 2.05) is 0 Å². The monoisotopic (exact) mass is 386 g/mol. The SMILES string of the molecule is O=C(COC(=O)c1cc(O)c2ccccc2c1O)NCCCN1CCCC1=O. The quantitative estimate of drug-likeness (QED) is 0.378. The minimum atomic E-state index is -0.906. The zero-order chi connectivity index (χ0) is 20.1. The number of likely N-dealkylation sites (tertiary alicyclic amines) is 1. The first-order chi connectivity index (χ1) is 13.5. The summed E-state index contributed by atoms with van der Waals surface area (Å²) in [5.74, 6) is -1.73. The Morgan fingerprint density at radius 3 is 2.64 bits per heavy atom. The van der Waals surface area contributed by atoms with Gasteiger partial charge in [-0.25, -0.2) is 4.79 Å². The third-order valence-electron chi connectivity index (χ3n) is 4.65. The normalized spacial score (nSPS) is 13.7. The summed E-state index contributed by atoms with van der Waals surface area (Å²) in [6.07, 6.45) is 2.07. The van der Waals surface area contributed by atoms with Crippen LogP contribution in [0.2, 0.25) is 0 Å². The van der Waals surface area contributed by atoms with Crippen LogP contribution in [0.1, 0.15) is 29.6 Å². The molecule has 0 radical (unpaired) electrons. The van der Waals surface area contributed by atoms with Gasteiger partial charge in [0.1, 0.15) is 17.1 Å². The minimum absolute atomic E-state index is 0.138. The van der Waals surface area contributed by atoms with Gasteiger partial charge < -0.3 is 25.2 Å². The highest BCUT2D eigenvalue weighted by Gasteiger charge is 2.20. The Labute approximate surface area is 161 Å². The molecule has 8 nitrogen and oxygen atoms in total. The Bertz CT molecular complexity index is 911. The van der Waals surface area contributed by atoms with Crippen LogP contribution in [0.5, 0.6) is 11.5 Å². The number of hydrogen-bond donors (Lipinski definition) is 3. The van der Waals surface area contributed by atoms with Gasteiger partial charge in [0.2, 0.25) is 5.91 Å². The van der Waals surface area contributed by atoms with Crippen molar-refractivity contribution in [2.75, 3.05) is 26.2 Å². The van der Waals surface area contributed by atoms with Crippen LogP contribution in [0.25, 0.3) is 10.8 Å². The summed E-state index contributed by atoms with van der Waals surface area (Å²) in [5.41, 5.74) is -0.212. The molecule has 2 aromatic carbocycles. The van der Waals surface area contributed by atoms with Gasteiger partial charge in [-0.1, -0.05) is 24.3 Å². The van der Waals surface area contributed by atoms with Gasteiger partial charge in [-0.15, -0.1) is 0 Å². The number of ether oxygens (including phenoxy) is 1. The van der Waals surface area contributed by atoms with E-state index in [1.54, 1.807) is 29.2 Å². The molecule has 2 amide bonds. The zero-order valence-electron chi connectivity index (χ0n) is 15.3. The van der Waals surface area contributed by atoms with Crippen LogP contribution in [0.4, 0.5) is 0 Å². The summed E-state index contributed by atoms with van der Waals surface area (Å²) in [4.78, 5) is 37.3. The highest BCUT2D eigenvalue weighted by molar-refractivity contribution is 6.04. The van der Waals surface area contributed by atoms with Crippen molar-refractivity contribution in [3.05, 3.63) is 35.9 Å². The molecule has 0 atom stereocenters. The fourth-order valence-corrected chi connectivity index (χ4v) is 3.19. The fraction of sp³-hybridized carbons (Fsp3) is 0.350. The first kappa shape index (κ1) is 19.5. The number of benzene rings is 2. The number of amides is 2. The molecule has 1 fully saturated rings. The molecule has 0 bridgehead atoms. The average molecular weight is 386 g/mol. The summed E-state index contributed by atoms with van der Waals surface area (Å²) in [5, 5.41) is 23.6. The number of nitrogens with zero attached hydrogens (tertiary/aromatic N) is 1. The van der Waals surface area contributed by atoms with Crippen LogP contribution >= 0.6 is 0 Å². The average Bonchev–Trinajstić information content (AvgIpc) is 3.11. The van der Waals surface area contributed by atoms with Crippen molar-refractivity contribution in [2.45, 2.75) is 19.3 Å². The first-order valence-corrected chi connectivity index (χ1v) is 9.12. The smallest absolute Gasteiger partial charge is 0.342 e. The van der Waals surface area contributed by atoms with Crippen molar-refractivity contribution in [2.24, 2.45) is 0 Å². The lowest BCUT2D eigenvalue weighted by atomic mass is 10.0. The number of rotatable bonds is 7. The number of hydrogen-bond acceptors (Lipinski definition) is 6. The molecule has 1 saturated heterocycles. The minimum Gasteiger partial charge on any atom is -0.507 e. The summed E-state index contributed by atoms with van der Waals surface area (Å²) in [6, 6.07) is 7.66. The predicted molar refractivity (Wildman–Crippen MR) is 101 cm³/mol. The summed E-state index contributed by atoms with van der Waals surface area (Å²) in [7, 11) is 0. The highest BCUT2D eigenvalue weighted by Crippen LogP contribution is 2.35. The second-order valence-corrected chi connectivity index (χ2v) is 6.60. The lowest BCUT2D eigenvalue weighted by Crippen LogP contribution is -2.32. The zero-order valence-corrected chi connectivity index (χ0v) is 15.3. The van der Waals surface area contributed by atoms with Gasteiger partial charge >= 0.3 is 5.97 Å². The van der Waals surface area contributed by atoms with E-state index in [-0.39, 0.29) is 23.0 Å². The molecule has 28 heavy (non-hydrogen) atoms. The van der Waals surface area contributed by atoms with Crippen LogP contribution in [0.3, 0.4) is 0 Å². The molecule has 0 aliphatic carbocycles. The predicted octanol–water partition coefficient (Wildman–Crippen LogP) is 1.54. The molecule has 1 aliphatic rings. The molecular formula is C20H22N2O6. The third kappa shape index (κ3) is 4.33. The molecule has 1 aliphatic heterocycles. The Balaban J connectivity index is 1.48. The van der Waals surface area contributed by atoms with E-state index in [4.69, 9.17) is 4.74 Å².